The predicted octanol–water partition coefficient (Wildman–Crippen LogP) is 3.62. The number of amides is 1. The Kier molecular flexibility index (Phi) is 3.94. The summed E-state index contributed by atoms with van der Waals surface area (Å²) in [6.45, 7) is 0. The molecule has 1 atom stereocenters. The molecule has 3 rings (SSSR count). The van der Waals surface area contributed by atoms with Gasteiger partial charge in [-0.05, 0) is 23.6 Å². The van der Waals surface area contributed by atoms with Gasteiger partial charge in [0.15, 0.2) is 5.13 Å². The Bertz CT molecular complexity index is 610. The lowest BCUT2D eigenvalue weighted by Crippen LogP contribution is -2.18. The van der Waals surface area contributed by atoms with Gasteiger partial charge in [0.1, 0.15) is 0 Å². The zero-order valence-electron chi connectivity index (χ0n) is 10.6. The second kappa shape index (κ2) is 6.02. The van der Waals surface area contributed by atoms with Gasteiger partial charge in [-0.1, -0.05) is 6.07 Å². The quantitative estimate of drug-likeness (QED) is 0.782. The molecule has 0 aliphatic heterocycles. The second-order valence-electron chi connectivity index (χ2n) is 4.25. The number of nitrogens with zero attached hydrogens (tertiary/aromatic N) is 2. The van der Waals surface area contributed by atoms with Crippen molar-refractivity contribution < 1.29 is 4.79 Å². The largest absolute Gasteiger partial charge is 0.346 e. The molecule has 4 nitrogen and oxygen atoms in total. The van der Waals surface area contributed by atoms with E-state index in [1.165, 1.54) is 16.2 Å². The molecule has 0 saturated heterocycles. The fraction of sp³-hybridized carbons (Fsp3) is 0.143. The Morgan fingerprint density at radius 3 is 2.75 bits per heavy atom. The Labute approximate surface area is 124 Å². The molecule has 0 bridgehead atoms. The van der Waals surface area contributed by atoms with Crippen molar-refractivity contribution in [2.75, 3.05) is 5.32 Å². The van der Waals surface area contributed by atoms with Gasteiger partial charge in [0.25, 0.3) is 0 Å². The molecule has 0 fully saturated rings. The lowest BCUT2D eigenvalue weighted by Gasteiger charge is -2.17. The van der Waals surface area contributed by atoms with Gasteiger partial charge in [-0.15, -0.1) is 22.7 Å². The summed E-state index contributed by atoms with van der Waals surface area (Å²) in [6, 6.07) is 8.05. The first-order valence-corrected chi connectivity index (χ1v) is 7.94. The van der Waals surface area contributed by atoms with E-state index in [0.717, 1.165) is 0 Å². The van der Waals surface area contributed by atoms with Crippen molar-refractivity contribution in [2.24, 2.45) is 0 Å². The number of hydrogen-bond donors (Lipinski definition) is 1. The molecule has 3 aromatic rings. The molecular formula is C14H13N3OS2. The van der Waals surface area contributed by atoms with Gasteiger partial charge in [-0.3, -0.25) is 4.79 Å². The van der Waals surface area contributed by atoms with Crippen molar-refractivity contribution in [1.82, 2.24) is 9.55 Å². The summed E-state index contributed by atoms with van der Waals surface area (Å²) in [7, 11) is 0. The van der Waals surface area contributed by atoms with E-state index in [1.807, 2.05) is 41.4 Å². The lowest BCUT2D eigenvalue weighted by atomic mass is 10.1. The molecule has 1 unspecified atom stereocenters. The van der Waals surface area contributed by atoms with Gasteiger partial charge in [0.2, 0.25) is 5.91 Å². The van der Waals surface area contributed by atoms with Crippen molar-refractivity contribution in [3.05, 3.63) is 58.5 Å². The predicted molar refractivity (Wildman–Crippen MR) is 82.3 cm³/mol. The second-order valence-corrected chi connectivity index (χ2v) is 6.12. The average molecular weight is 303 g/mol. The van der Waals surface area contributed by atoms with E-state index < -0.39 is 0 Å². The third-order valence-electron chi connectivity index (χ3n) is 2.92. The summed E-state index contributed by atoms with van der Waals surface area (Å²) in [6.07, 6.45) is 6.06. The molecule has 0 radical (unpaired) electrons. The average Bonchev–Trinajstić information content (AvgIpc) is 3.18. The van der Waals surface area contributed by atoms with Crippen LogP contribution in [0.3, 0.4) is 0 Å². The topological polar surface area (TPSA) is 46.9 Å². The Morgan fingerprint density at radius 1 is 1.25 bits per heavy atom. The first-order chi connectivity index (χ1) is 9.83. The molecule has 0 saturated carbocycles. The number of nitrogens with one attached hydrogen (secondary N) is 1. The van der Waals surface area contributed by atoms with Crippen LogP contribution in [0.15, 0.2) is 53.6 Å². The van der Waals surface area contributed by atoms with Crippen LogP contribution in [-0.2, 0) is 4.79 Å². The molecule has 0 aliphatic rings. The summed E-state index contributed by atoms with van der Waals surface area (Å²) in [5.74, 6) is -0.0213. The highest BCUT2D eigenvalue weighted by Crippen LogP contribution is 2.27. The van der Waals surface area contributed by atoms with Crippen molar-refractivity contribution >= 4 is 33.7 Å². The summed E-state index contributed by atoms with van der Waals surface area (Å²) >= 11 is 3.09. The number of carbonyl (C=O) groups is 1. The van der Waals surface area contributed by atoms with Gasteiger partial charge < -0.3 is 9.88 Å². The Morgan fingerprint density at radius 2 is 2.10 bits per heavy atom. The van der Waals surface area contributed by atoms with Crippen LogP contribution in [0.2, 0.25) is 0 Å². The molecule has 102 valence electrons. The van der Waals surface area contributed by atoms with Gasteiger partial charge in [-0.2, -0.15) is 0 Å². The minimum Gasteiger partial charge on any atom is -0.346 e. The van der Waals surface area contributed by atoms with Crippen LogP contribution in [0.25, 0.3) is 0 Å². The molecule has 0 spiro atoms. The van der Waals surface area contributed by atoms with Gasteiger partial charge in [0.05, 0.1) is 12.5 Å². The molecule has 1 amide bonds. The van der Waals surface area contributed by atoms with Gasteiger partial charge in [0, 0.05) is 28.8 Å². The minimum atomic E-state index is -0.0213. The van der Waals surface area contributed by atoms with Crippen molar-refractivity contribution in [3.8, 4) is 0 Å². The first-order valence-electron chi connectivity index (χ1n) is 6.18. The van der Waals surface area contributed by atoms with E-state index in [9.17, 15) is 4.79 Å². The van der Waals surface area contributed by atoms with E-state index in [1.54, 1.807) is 17.5 Å². The Balaban J connectivity index is 1.75. The van der Waals surface area contributed by atoms with Crippen molar-refractivity contribution in [1.29, 1.82) is 0 Å². The standard InChI is InChI=1S/C14H13N3OS2/c18-13(16-14-15-5-9-20-14)10-11(12-4-3-8-19-12)17-6-1-2-7-17/h1-9,11H,10H2,(H,15,16,18). The molecule has 20 heavy (non-hydrogen) atoms. The van der Waals surface area contributed by atoms with Crippen LogP contribution in [0.4, 0.5) is 5.13 Å². The highest BCUT2D eigenvalue weighted by atomic mass is 32.1. The lowest BCUT2D eigenvalue weighted by molar-refractivity contribution is -0.116. The van der Waals surface area contributed by atoms with Crippen LogP contribution < -0.4 is 5.32 Å². The molecular weight excluding hydrogens is 290 g/mol. The Hall–Kier alpha value is -1.92. The van der Waals surface area contributed by atoms with E-state index in [0.29, 0.717) is 11.6 Å². The van der Waals surface area contributed by atoms with Crippen LogP contribution >= 0.6 is 22.7 Å². The van der Waals surface area contributed by atoms with E-state index in [2.05, 4.69) is 20.9 Å². The summed E-state index contributed by atoms with van der Waals surface area (Å²) in [5, 5.41) is 7.36. The third-order valence-corrected chi connectivity index (χ3v) is 4.58. The van der Waals surface area contributed by atoms with Crippen LogP contribution in [0.1, 0.15) is 17.3 Å². The molecule has 0 aromatic carbocycles. The minimum absolute atomic E-state index is 0.0213. The fourth-order valence-electron chi connectivity index (χ4n) is 2.02. The highest BCUT2D eigenvalue weighted by Gasteiger charge is 2.18. The smallest absolute Gasteiger partial charge is 0.228 e. The van der Waals surface area contributed by atoms with Crippen LogP contribution in [0, 0.1) is 0 Å². The third kappa shape index (κ3) is 2.97. The van der Waals surface area contributed by atoms with Crippen LogP contribution in [-0.4, -0.2) is 15.5 Å². The maximum Gasteiger partial charge on any atom is 0.228 e. The maximum absolute atomic E-state index is 12.2. The van der Waals surface area contributed by atoms with Crippen LogP contribution in [0.5, 0.6) is 0 Å². The normalized spacial score (nSPS) is 12.2. The highest BCUT2D eigenvalue weighted by molar-refractivity contribution is 7.13. The molecule has 6 heteroatoms. The fourth-order valence-corrected chi connectivity index (χ4v) is 3.40. The van der Waals surface area contributed by atoms with E-state index in [-0.39, 0.29) is 11.9 Å². The molecule has 3 heterocycles. The first kappa shape index (κ1) is 13.1. The van der Waals surface area contributed by atoms with Gasteiger partial charge in [-0.25, -0.2) is 4.98 Å². The maximum atomic E-state index is 12.2. The van der Waals surface area contributed by atoms with Gasteiger partial charge >= 0.3 is 0 Å². The summed E-state index contributed by atoms with van der Waals surface area (Å²) in [4.78, 5) is 17.4. The zero-order valence-corrected chi connectivity index (χ0v) is 12.2. The van der Waals surface area contributed by atoms with E-state index in [4.69, 9.17) is 0 Å². The van der Waals surface area contributed by atoms with Crippen molar-refractivity contribution in [2.45, 2.75) is 12.5 Å². The monoisotopic (exact) mass is 303 g/mol. The number of hydrogen-bond acceptors (Lipinski definition) is 4. The number of anilines is 1. The van der Waals surface area contributed by atoms with E-state index >= 15 is 0 Å². The number of rotatable bonds is 5. The summed E-state index contributed by atoms with van der Waals surface area (Å²) < 4.78 is 2.06. The molecule has 1 N–H and O–H groups in total. The number of carbonyl (C=O) groups excluding carboxylic acids is 1. The molecule has 0 aliphatic carbocycles. The molecule has 3 aromatic heterocycles. The number of thiophene rings is 1. The number of thiazole rings is 1. The zero-order chi connectivity index (χ0) is 13.8. The SMILES string of the molecule is O=C(CC(c1cccs1)n1cccc1)Nc1nccs1. The number of aromatic nitrogens is 2. The van der Waals surface area contributed by atoms with Crippen molar-refractivity contribution in [3.63, 3.8) is 0 Å². The summed E-state index contributed by atoms with van der Waals surface area (Å²) in [5.41, 5.74) is 0.